The Hall–Kier alpha value is -0.720. The Kier molecular flexibility index (Phi) is 4.92. The second-order valence-corrected chi connectivity index (χ2v) is 10.3. The van der Waals surface area contributed by atoms with Gasteiger partial charge in [0, 0.05) is 0 Å². The first-order valence-corrected chi connectivity index (χ1v) is 9.52. The van der Waals surface area contributed by atoms with Gasteiger partial charge in [-0.25, -0.2) is 16.8 Å². The zero-order valence-corrected chi connectivity index (χ0v) is 12.9. The van der Waals surface area contributed by atoms with E-state index in [1.807, 2.05) is 0 Å². The predicted octanol–water partition coefficient (Wildman–Crippen LogP) is 1.19. The van der Waals surface area contributed by atoms with Crippen LogP contribution in [0.25, 0.3) is 5.53 Å². The highest BCUT2D eigenvalue weighted by Crippen LogP contribution is 2.28. The molecular formula is C11H20N2O4S2. The Labute approximate surface area is 114 Å². The molecule has 0 aromatic carbocycles. The third-order valence-corrected chi connectivity index (χ3v) is 8.42. The monoisotopic (exact) mass is 308 g/mol. The molecule has 0 radical (unpaired) electrons. The first kappa shape index (κ1) is 16.3. The van der Waals surface area contributed by atoms with E-state index in [2.05, 4.69) is 4.79 Å². The molecule has 1 fully saturated rings. The maximum Gasteiger partial charge on any atom is 0.370 e. The zero-order chi connectivity index (χ0) is 14.7. The molecule has 0 N–H and O–H groups in total. The van der Waals surface area contributed by atoms with Crippen molar-refractivity contribution in [2.75, 3.05) is 5.75 Å². The molecule has 0 bridgehead atoms. The molecule has 6 nitrogen and oxygen atoms in total. The summed E-state index contributed by atoms with van der Waals surface area (Å²) in [5, 5.41) is -0.443. The summed E-state index contributed by atoms with van der Waals surface area (Å²) < 4.78 is 46.7. The summed E-state index contributed by atoms with van der Waals surface area (Å²) in [6.45, 7) is 2.68. The van der Waals surface area contributed by atoms with Gasteiger partial charge in [0.25, 0.3) is 9.84 Å². The number of nitrogens with zero attached hydrogens (tertiary/aromatic N) is 2. The Morgan fingerprint density at radius 2 is 1.68 bits per heavy atom. The summed E-state index contributed by atoms with van der Waals surface area (Å²) in [6.07, 6.45) is 3.98. The van der Waals surface area contributed by atoms with Gasteiger partial charge < -0.3 is 5.53 Å². The van der Waals surface area contributed by atoms with Crippen LogP contribution in [0.1, 0.15) is 46.0 Å². The minimum absolute atomic E-state index is 0.406. The minimum atomic E-state index is -3.90. The van der Waals surface area contributed by atoms with Crippen LogP contribution in [0.4, 0.5) is 0 Å². The van der Waals surface area contributed by atoms with Crippen LogP contribution >= 0.6 is 0 Å². The van der Waals surface area contributed by atoms with Crippen LogP contribution in [-0.4, -0.2) is 42.9 Å². The van der Waals surface area contributed by atoms with Crippen molar-refractivity contribution in [1.82, 2.24) is 0 Å². The van der Waals surface area contributed by atoms with Crippen LogP contribution in [0.15, 0.2) is 0 Å². The first-order chi connectivity index (χ1) is 8.62. The van der Waals surface area contributed by atoms with Crippen LogP contribution in [0.2, 0.25) is 0 Å². The van der Waals surface area contributed by atoms with E-state index in [1.54, 1.807) is 0 Å². The summed E-state index contributed by atoms with van der Waals surface area (Å²) in [6, 6.07) is 0. The largest absolute Gasteiger partial charge is 0.370 e. The van der Waals surface area contributed by atoms with Gasteiger partial charge >= 0.3 is 5.55 Å². The quantitative estimate of drug-likeness (QED) is 0.329. The lowest BCUT2D eigenvalue weighted by molar-refractivity contribution is 0.00741. The SMILES string of the molecule is CC(C)(CS(=O)(=O)C1CCCCC1)S(=O)(=O)C=[N+]=[N-]. The maximum absolute atomic E-state index is 12.3. The van der Waals surface area contributed by atoms with Crippen molar-refractivity contribution in [2.24, 2.45) is 0 Å². The average Bonchev–Trinajstić information content (AvgIpc) is 2.28. The van der Waals surface area contributed by atoms with Gasteiger partial charge in [0.05, 0.1) is 15.7 Å². The Morgan fingerprint density at radius 1 is 1.16 bits per heavy atom. The molecule has 1 saturated carbocycles. The summed E-state index contributed by atoms with van der Waals surface area (Å²) in [4.78, 5) is 2.51. The van der Waals surface area contributed by atoms with Gasteiger partial charge in [0.15, 0.2) is 9.84 Å². The molecule has 0 aromatic rings. The molecule has 0 aromatic heterocycles. The predicted molar refractivity (Wildman–Crippen MR) is 73.3 cm³/mol. The summed E-state index contributed by atoms with van der Waals surface area (Å²) >= 11 is 0. The van der Waals surface area contributed by atoms with Crippen molar-refractivity contribution < 1.29 is 21.6 Å². The molecular weight excluding hydrogens is 288 g/mol. The first-order valence-electron chi connectivity index (χ1n) is 6.26. The smallest absolute Gasteiger partial charge is 0.361 e. The van der Waals surface area contributed by atoms with Gasteiger partial charge in [-0.05, 0) is 26.7 Å². The highest BCUT2D eigenvalue weighted by molar-refractivity contribution is 8.06. The van der Waals surface area contributed by atoms with E-state index in [9.17, 15) is 16.8 Å². The zero-order valence-electron chi connectivity index (χ0n) is 11.2. The van der Waals surface area contributed by atoms with Gasteiger partial charge in [-0.15, -0.1) is 0 Å². The standard InChI is InChI=1S/C11H20N2O4S2/c1-11(2,19(16,17)9-13-12)8-18(14,15)10-6-4-3-5-7-10/h9-10H,3-8H2,1-2H3. The average molecular weight is 308 g/mol. The molecule has 0 heterocycles. The number of hydrogen-bond donors (Lipinski definition) is 0. The van der Waals surface area contributed by atoms with E-state index in [-0.39, 0.29) is 0 Å². The molecule has 0 amide bonds. The van der Waals surface area contributed by atoms with E-state index in [1.165, 1.54) is 13.8 Å². The van der Waals surface area contributed by atoms with Crippen molar-refractivity contribution in [3.8, 4) is 0 Å². The van der Waals surface area contributed by atoms with Crippen LogP contribution in [0, 0.1) is 0 Å². The molecule has 0 spiro atoms. The van der Waals surface area contributed by atoms with Gasteiger partial charge in [0.1, 0.15) is 0 Å². The normalized spacial score (nSPS) is 18.8. The molecule has 0 aliphatic heterocycles. The van der Waals surface area contributed by atoms with Crippen molar-refractivity contribution in [2.45, 2.75) is 55.9 Å². The van der Waals surface area contributed by atoms with Crippen molar-refractivity contribution in [3.63, 3.8) is 0 Å². The molecule has 0 atom stereocenters. The van der Waals surface area contributed by atoms with E-state index < -0.39 is 35.4 Å². The van der Waals surface area contributed by atoms with Gasteiger partial charge in [-0.3, -0.25) is 0 Å². The maximum atomic E-state index is 12.3. The van der Waals surface area contributed by atoms with Crippen molar-refractivity contribution in [1.29, 1.82) is 0 Å². The van der Waals surface area contributed by atoms with Gasteiger partial charge in [-0.2, -0.15) is 4.79 Å². The topological polar surface area (TPSA) is 105 Å². The van der Waals surface area contributed by atoms with Crippen molar-refractivity contribution >= 4 is 25.2 Å². The van der Waals surface area contributed by atoms with Gasteiger partial charge in [-0.1, -0.05) is 19.3 Å². The van der Waals surface area contributed by atoms with Crippen LogP contribution in [0.5, 0.6) is 0 Å². The summed E-state index contributed by atoms with van der Waals surface area (Å²) in [5.41, 5.74) is 8.76. The second kappa shape index (κ2) is 5.73. The Balaban J connectivity index is 2.96. The fraction of sp³-hybridized carbons (Fsp3) is 0.909. The minimum Gasteiger partial charge on any atom is -0.361 e. The number of sulfone groups is 2. The molecule has 0 saturated heterocycles. The fourth-order valence-electron chi connectivity index (χ4n) is 2.31. The fourth-order valence-corrected chi connectivity index (χ4v) is 6.13. The molecule has 19 heavy (non-hydrogen) atoms. The molecule has 110 valence electrons. The van der Waals surface area contributed by atoms with Crippen LogP contribution in [0.3, 0.4) is 0 Å². The lowest BCUT2D eigenvalue weighted by Crippen LogP contribution is -2.43. The van der Waals surface area contributed by atoms with E-state index >= 15 is 0 Å². The Morgan fingerprint density at radius 3 is 2.16 bits per heavy atom. The lowest BCUT2D eigenvalue weighted by atomic mass is 10.0. The number of hydrogen-bond acceptors (Lipinski definition) is 4. The van der Waals surface area contributed by atoms with E-state index in [0.717, 1.165) is 19.3 Å². The van der Waals surface area contributed by atoms with Crippen LogP contribution in [-0.2, 0) is 19.7 Å². The highest BCUT2D eigenvalue weighted by Gasteiger charge is 2.42. The number of rotatable bonds is 5. The van der Waals surface area contributed by atoms with Gasteiger partial charge in [0.2, 0.25) is 0 Å². The summed E-state index contributed by atoms with van der Waals surface area (Å²) in [5.74, 6) is -0.445. The third kappa shape index (κ3) is 3.87. The second-order valence-electron chi connectivity index (χ2n) is 5.59. The third-order valence-electron chi connectivity index (χ3n) is 3.56. The molecule has 8 heteroatoms. The highest BCUT2D eigenvalue weighted by atomic mass is 32.2. The lowest BCUT2D eigenvalue weighted by Gasteiger charge is -2.26. The summed E-state index contributed by atoms with van der Waals surface area (Å²) in [7, 11) is -7.37. The molecule has 0 unspecified atom stereocenters. The Bertz CT molecular complexity index is 566. The molecule has 1 aliphatic carbocycles. The molecule has 1 rings (SSSR count). The van der Waals surface area contributed by atoms with Crippen LogP contribution < -0.4 is 0 Å². The van der Waals surface area contributed by atoms with Crippen molar-refractivity contribution in [3.05, 3.63) is 5.53 Å². The molecule has 1 aliphatic rings. The van der Waals surface area contributed by atoms with E-state index in [0.29, 0.717) is 18.4 Å². The van der Waals surface area contributed by atoms with E-state index in [4.69, 9.17) is 5.53 Å².